The number of hydrogen-bond acceptors (Lipinski definition) is 8. The van der Waals surface area contributed by atoms with Crippen molar-refractivity contribution in [2.24, 2.45) is 0 Å². The SMILES string of the molecule is Cc1nc(Cc2noc(CCNC(=O)OC(C)(C)C)n2)no1. The summed E-state index contributed by atoms with van der Waals surface area (Å²) < 4.78 is 15.1. The molecular formula is C13H19N5O4. The Bertz CT molecular complexity index is 628. The number of alkyl carbamates (subject to hydrolysis) is 1. The molecule has 2 rings (SSSR count). The van der Waals surface area contributed by atoms with E-state index >= 15 is 0 Å². The molecule has 0 spiro atoms. The molecule has 0 fully saturated rings. The van der Waals surface area contributed by atoms with E-state index in [9.17, 15) is 4.79 Å². The molecule has 22 heavy (non-hydrogen) atoms. The van der Waals surface area contributed by atoms with Gasteiger partial charge in [-0.2, -0.15) is 9.97 Å². The van der Waals surface area contributed by atoms with Gasteiger partial charge in [0.1, 0.15) is 5.60 Å². The van der Waals surface area contributed by atoms with Crippen LogP contribution in [0.3, 0.4) is 0 Å². The fourth-order valence-corrected chi connectivity index (χ4v) is 1.60. The standard InChI is InChI=1S/C13H19N5O4/c1-8-15-9(17-21-8)7-10-16-11(22-18-10)5-6-14-12(19)20-13(2,3)4/h5-7H2,1-4H3,(H,14,19). The zero-order valence-corrected chi connectivity index (χ0v) is 13.0. The maximum atomic E-state index is 11.5. The number of aryl methyl sites for hydroxylation is 1. The van der Waals surface area contributed by atoms with Crippen LogP contribution in [-0.2, 0) is 17.6 Å². The Labute approximate surface area is 127 Å². The van der Waals surface area contributed by atoms with Crippen molar-refractivity contribution in [2.75, 3.05) is 6.54 Å². The highest BCUT2D eigenvalue weighted by molar-refractivity contribution is 5.67. The van der Waals surface area contributed by atoms with E-state index in [1.165, 1.54) is 0 Å². The van der Waals surface area contributed by atoms with Crippen molar-refractivity contribution in [3.63, 3.8) is 0 Å². The Kier molecular flexibility index (Phi) is 4.74. The molecule has 9 heteroatoms. The number of nitrogens with one attached hydrogen (secondary N) is 1. The molecule has 2 aromatic rings. The molecule has 9 nitrogen and oxygen atoms in total. The Morgan fingerprint density at radius 3 is 2.50 bits per heavy atom. The Hall–Kier alpha value is -2.45. The molecule has 0 bridgehead atoms. The van der Waals surface area contributed by atoms with E-state index in [2.05, 4.69) is 25.6 Å². The molecule has 0 aliphatic carbocycles. The van der Waals surface area contributed by atoms with Crippen molar-refractivity contribution in [3.8, 4) is 0 Å². The monoisotopic (exact) mass is 309 g/mol. The predicted molar refractivity (Wildman–Crippen MR) is 74.1 cm³/mol. The Balaban J connectivity index is 1.76. The number of amides is 1. The lowest BCUT2D eigenvalue weighted by molar-refractivity contribution is 0.0527. The number of carbonyl (C=O) groups is 1. The van der Waals surface area contributed by atoms with E-state index in [-0.39, 0.29) is 0 Å². The highest BCUT2D eigenvalue weighted by Crippen LogP contribution is 2.07. The Morgan fingerprint density at radius 1 is 1.18 bits per heavy atom. The van der Waals surface area contributed by atoms with Crippen LogP contribution in [0.15, 0.2) is 9.05 Å². The van der Waals surface area contributed by atoms with E-state index < -0.39 is 11.7 Å². The van der Waals surface area contributed by atoms with Gasteiger partial charge in [-0.25, -0.2) is 4.79 Å². The van der Waals surface area contributed by atoms with Crippen LogP contribution in [0.5, 0.6) is 0 Å². The molecule has 0 unspecified atom stereocenters. The maximum Gasteiger partial charge on any atom is 0.407 e. The van der Waals surface area contributed by atoms with Crippen molar-refractivity contribution in [1.29, 1.82) is 0 Å². The molecule has 1 N–H and O–H groups in total. The second-order valence-corrected chi connectivity index (χ2v) is 5.69. The molecule has 0 radical (unpaired) electrons. The first-order chi connectivity index (χ1) is 10.3. The molecule has 0 aliphatic heterocycles. The van der Waals surface area contributed by atoms with E-state index in [0.29, 0.717) is 42.8 Å². The summed E-state index contributed by atoms with van der Waals surface area (Å²) >= 11 is 0. The minimum Gasteiger partial charge on any atom is -0.444 e. The van der Waals surface area contributed by atoms with Crippen LogP contribution in [0.2, 0.25) is 0 Å². The highest BCUT2D eigenvalue weighted by atomic mass is 16.6. The number of hydrogen-bond donors (Lipinski definition) is 1. The van der Waals surface area contributed by atoms with E-state index in [1.54, 1.807) is 27.7 Å². The number of ether oxygens (including phenoxy) is 1. The van der Waals surface area contributed by atoms with Gasteiger partial charge >= 0.3 is 6.09 Å². The van der Waals surface area contributed by atoms with Crippen LogP contribution in [0.1, 0.15) is 44.2 Å². The molecule has 120 valence electrons. The maximum absolute atomic E-state index is 11.5. The van der Waals surface area contributed by atoms with Crippen molar-refractivity contribution in [3.05, 3.63) is 23.4 Å². The first-order valence-corrected chi connectivity index (χ1v) is 6.89. The zero-order valence-electron chi connectivity index (χ0n) is 13.0. The number of nitrogens with zero attached hydrogens (tertiary/aromatic N) is 4. The molecule has 1 amide bonds. The van der Waals surface area contributed by atoms with Crippen molar-refractivity contribution in [2.45, 2.75) is 46.1 Å². The van der Waals surface area contributed by atoms with Gasteiger partial charge in [0.25, 0.3) is 0 Å². The average Bonchev–Trinajstić information content (AvgIpc) is 2.97. The van der Waals surface area contributed by atoms with Crippen molar-refractivity contribution >= 4 is 6.09 Å². The van der Waals surface area contributed by atoms with Gasteiger partial charge in [-0.3, -0.25) is 0 Å². The summed E-state index contributed by atoms with van der Waals surface area (Å²) in [6, 6.07) is 0. The third-order valence-corrected chi connectivity index (χ3v) is 2.40. The first kappa shape index (κ1) is 15.9. The third kappa shape index (κ3) is 5.15. The van der Waals surface area contributed by atoms with Gasteiger partial charge in [0.15, 0.2) is 11.6 Å². The van der Waals surface area contributed by atoms with Gasteiger partial charge < -0.3 is 19.1 Å². The van der Waals surface area contributed by atoms with Gasteiger partial charge in [-0.1, -0.05) is 10.3 Å². The van der Waals surface area contributed by atoms with Gasteiger partial charge in [0, 0.05) is 19.9 Å². The fraction of sp³-hybridized carbons (Fsp3) is 0.615. The van der Waals surface area contributed by atoms with Crippen molar-refractivity contribution < 1.29 is 18.6 Å². The van der Waals surface area contributed by atoms with Gasteiger partial charge in [0.2, 0.25) is 11.8 Å². The third-order valence-electron chi connectivity index (χ3n) is 2.40. The topological polar surface area (TPSA) is 116 Å². The lowest BCUT2D eigenvalue weighted by Crippen LogP contribution is -2.33. The smallest absolute Gasteiger partial charge is 0.407 e. The predicted octanol–water partition coefficient (Wildman–Crippen LogP) is 1.42. The fourth-order valence-electron chi connectivity index (χ4n) is 1.60. The normalized spacial score (nSPS) is 11.5. The van der Waals surface area contributed by atoms with Gasteiger partial charge in [-0.05, 0) is 20.8 Å². The minimum absolute atomic E-state index is 0.334. The summed E-state index contributed by atoms with van der Waals surface area (Å²) in [7, 11) is 0. The average molecular weight is 309 g/mol. The molecule has 0 aromatic carbocycles. The first-order valence-electron chi connectivity index (χ1n) is 6.89. The quantitative estimate of drug-likeness (QED) is 0.881. The molecular weight excluding hydrogens is 290 g/mol. The molecule has 0 aliphatic rings. The summed E-state index contributed by atoms with van der Waals surface area (Å²) in [4.78, 5) is 19.7. The van der Waals surface area contributed by atoms with Crippen LogP contribution in [0, 0.1) is 6.92 Å². The summed E-state index contributed by atoms with van der Waals surface area (Å²) in [5.74, 6) is 1.87. The van der Waals surface area contributed by atoms with Crippen LogP contribution < -0.4 is 5.32 Å². The van der Waals surface area contributed by atoms with E-state index in [1.807, 2.05) is 0 Å². The molecule has 0 saturated heterocycles. The van der Waals surface area contributed by atoms with Gasteiger partial charge in [-0.15, -0.1) is 0 Å². The van der Waals surface area contributed by atoms with Crippen LogP contribution >= 0.6 is 0 Å². The summed E-state index contributed by atoms with van der Waals surface area (Å²) in [6.07, 6.45) is 0.271. The zero-order chi connectivity index (χ0) is 16.2. The van der Waals surface area contributed by atoms with Crippen LogP contribution in [0.4, 0.5) is 4.79 Å². The van der Waals surface area contributed by atoms with E-state index in [0.717, 1.165) is 0 Å². The second kappa shape index (κ2) is 6.54. The summed E-state index contributed by atoms with van der Waals surface area (Å²) in [5, 5.41) is 10.2. The van der Waals surface area contributed by atoms with Crippen molar-refractivity contribution in [1.82, 2.24) is 25.6 Å². The lowest BCUT2D eigenvalue weighted by Gasteiger charge is -2.19. The molecule has 0 atom stereocenters. The summed E-state index contributed by atoms with van der Waals surface area (Å²) in [5.41, 5.74) is -0.523. The molecule has 0 saturated carbocycles. The second-order valence-electron chi connectivity index (χ2n) is 5.69. The lowest BCUT2D eigenvalue weighted by atomic mass is 10.2. The number of rotatable bonds is 5. The largest absolute Gasteiger partial charge is 0.444 e. The van der Waals surface area contributed by atoms with E-state index in [4.69, 9.17) is 13.8 Å². The molecule has 2 heterocycles. The summed E-state index contributed by atoms with van der Waals surface area (Å²) in [6.45, 7) is 7.46. The minimum atomic E-state index is -0.523. The van der Waals surface area contributed by atoms with Gasteiger partial charge in [0.05, 0.1) is 6.42 Å². The van der Waals surface area contributed by atoms with Crippen LogP contribution in [0.25, 0.3) is 0 Å². The number of carbonyl (C=O) groups excluding carboxylic acids is 1. The number of aromatic nitrogens is 4. The highest BCUT2D eigenvalue weighted by Gasteiger charge is 2.16. The Morgan fingerprint density at radius 2 is 1.86 bits per heavy atom. The van der Waals surface area contributed by atoms with Crippen LogP contribution in [-0.4, -0.2) is 38.5 Å². The molecule has 2 aromatic heterocycles.